The van der Waals surface area contributed by atoms with Gasteiger partial charge in [0.15, 0.2) is 0 Å². The van der Waals surface area contributed by atoms with E-state index in [0.717, 1.165) is 19.5 Å². The lowest BCUT2D eigenvalue weighted by Crippen LogP contribution is -2.28. The summed E-state index contributed by atoms with van der Waals surface area (Å²) in [6, 6.07) is 9.63. The van der Waals surface area contributed by atoms with Crippen LogP contribution in [-0.2, 0) is 44.1 Å². The molecule has 43 heavy (non-hydrogen) atoms. The first-order chi connectivity index (χ1) is 20.8. The van der Waals surface area contributed by atoms with Crippen LogP contribution in [0.3, 0.4) is 0 Å². The zero-order valence-electron chi connectivity index (χ0n) is 32.7. The first kappa shape index (κ1) is 45.7. The van der Waals surface area contributed by atoms with Gasteiger partial charge in [0.25, 0.3) is 0 Å². The van der Waals surface area contributed by atoms with Gasteiger partial charge in [0.2, 0.25) is 0 Å². The lowest BCUT2D eigenvalue weighted by Gasteiger charge is -2.35. The number of nitrogens with zero attached hydrogens (tertiary/aromatic N) is 1. The Bertz CT molecular complexity index is 881. The summed E-state index contributed by atoms with van der Waals surface area (Å²) in [7, 11) is 0. The number of fused-ring (bicyclic) bond motifs is 2. The summed E-state index contributed by atoms with van der Waals surface area (Å²) in [5, 5.41) is 0. The van der Waals surface area contributed by atoms with Crippen LogP contribution in [0.4, 0.5) is 5.69 Å². The molecule has 1 heteroatoms. The number of benzene rings is 2. The van der Waals surface area contributed by atoms with Crippen molar-refractivity contribution in [2.45, 2.75) is 194 Å². The molecule has 0 aromatic heterocycles. The summed E-state index contributed by atoms with van der Waals surface area (Å²) in [6.07, 6.45) is 12.9. The van der Waals surface area contributed by atoms with Gasteiger partial charge in [0, 0.05) is 18.8 Å². The molecule has 252 valence electrons. The van der Waals surface area contributed by atoms with Gasteiger partial charge in [-0.2, -0.15) is 0 Å². The van der Waals surface area contributed by atoms with Crippen molar-refractivity contribution in [2.75, 3.05) is 11.4 Å². The second-order valence-electron chi connectivity index (χ2n) is 11.2. The minimum atomic E-state index is 0.198. The highest BCUT2D eigenvalue weighted by atomic mass is 15.1. The topological polar surface area (TPSA) is 3.24 Å². The highest BCUT2D eigenvalue weighted by Crippen LogP contribution is 2.40. The maximum atomic E-state index is 2.73. The van der Waals surface area contributed by atoms with Crippen LogP contribution in [0, 0.1) is 0 Å². The average Bonchev–Trinajstić information content (AvgIpc) is 3.07. The Morgan fingerprint density at radius 1 is 0.628 bits per heavy atom. The minimum absolute atomic E-state index is 0.198. The standard InChI is InChI=1S/C29H41N.C3H8.5C2H6/c1-6-24-23(15-12-18-27(24)29(3,4)5)20-30(7-2)28-25-16-10-8-13-21(25)19-22-14-9-11-17-26(22)28;1-3-2;5*1-2/h12,15,18-19H,6-11,13-14,16-17,20H2,1-5H3;3H2,1-2H3;5*1-2H3. The molecule has 2 aromatic carbocycles. The van der Waals surface area contributed by atoms with Crippen LogP contribution >= 0.6 is 0 Å². The monoisotopic (exact) mass is 598 g/mol. The summed E-state index contributed by atoms with van der Waals surface area (Å²) in [5.41, 5.74) is 13.2. The Kier molecular flexibility index (Phi) is 29.5. The fourth-order valence-corrected chi connectivity index (χ4v) is 5.95. The van der Waals surface area contributed by atoms with Gasteiger partial charge >= 0.3 is 0 Å². The van der Waals surface area contributed by atoms with Crippen molar-refractivity contribution in [3.05, 3.63) is 63.2 Å². The number of aryl methyl sites for hydroxylation is 2. The largest absolute Gasteiger partial charge is 0.367 e. The van der Waals surface area contributed by atoms with Crippen molar-refractivity contribution >= 4 is 5.69 Å². The second kappa shape index (κ2) is 27.8. The second-order valence-corrected chi connectivity index (χ2v) is 11.2. The lowest BCUT2D eigenvalue weighted by molar-refractivity contribution is 0.581. The van der Waals surface area contributed by atoms with E-state index in [9.17, 15) is 0 Å². The SMILES string of the molecule is CC.CC.CC.CC.CC.CCC.CCc1c(CN(CC)c2c3c(cc4c2CCCC4)CCCC3)cccc1C(C)(C)C. The molecule has 0 saturated carbocycles. The third-order valence-corrected chi connectivity index (χ3v) is 7.43. The first-order valence-electron chi connectivity index (χ1n) is 18.9. The van der Waals surface area contributed by atoms with E-state index in [1.807, 2.05) is 69.2 Å². The maximum absolute atomic E-state index is 2.73. The molecule has 2 aliphatic rings. The van der Waals surface area contributed by atoms with Gasteiger partial charge in [-0.25, -0.2) is 0 Å². The lowest BCUT2D eigenvalue weighted by atomic mass is 9.80. The van der Waals surface area contributed by atoms with Gasteiger partial charge in [-0.1, -0.05) is 141 Å². The highest BCUT2D eigenvalue weighted by molar-refractivity contribution is 5.66. The average molecular weight is 598 g/mol. The number of hydrogen-bond donors (Lipinski definition) is 0. The van der Waals surface area contributed by atoms with Gasteiger partial charge in [-0.3, -0.25) is 0 Å². The molecule has 0 unspecified atom stereocenters. The number of rotatable bonds is 5. The van der Waals surface area contributed by atoms with Crippen LogP contribution in [0.2, 0.25) is 0 Å². The number of hydrogen-bond acceptors (Lipinski definition) is 1. The van der Waals surface area contributed by atoms with Crippen molar-refractivity contribution in [3.8, 4) is 0 Å². The molecule has 0 saturated heterocycles. The molecule has 1 nitrogen and oxygen atoms in total. The Morgan fingerprint density at radius 2 is 1.05 bits per heavy atom. The van der Waals surface area contributed by atoms with E-state index in [4.69, 9.17) is 0 Å². The Labute approximate surface area is 273 Å². The first-order valence-corrected chi connectivity index (χ1v) is 18.9. The van der Waals surface area contributed by atoms with Gasteiger partial charge < -0.3 is 4.90 Å². The smallest absolute Gasteiger partial charge is 0.0439 e. The van der Waals surface area contributed by atoms with Crippen molar-refractivity contribution in [1.29, 1.82) is 0 Å². The zero-order chi connectivity index (χ0) is 34.0. The van der Waals surface area contributed by atoms with E-state index < -0.39 is 0 Å². The Hall–Kier alpha value is -1.76. The molecule has 0 atom stereocenters. The van der Waals surface area contributed by atoms with Crippen molar-refractivity contribution < 1.29 is 0 Å². The predicted molar refractivity (Wildman–Crippen MR) is 204 cm³/mol. The van der Waals surface area contributed by atoms with Crippen molar-refractivity contribution in [1.82, 2.24) is 0 Å². The van der Waals surface area contributed by atoms with Crippen LogP contribution in [-0.4, -0.2) is 6.54 Å². The maximum Gasteiger partial charge on any atom is 0.0439 e. The summed E-state index contributed by atoms with van der Waals surface area (Å²) in [5.74, 6) is 0. The molecule has 2 aromatic rings. The minimum Gasteiger partial charge on any atom is -0.367 e. The molecular formula is C42H79N. The summed E-state index contributed by atoms with van der Waals surface area (Å²) >= 11 is 0. The quantitative estimate of drug-likeness (QED) is 0.331. The normalized spacial score (nSPS) is 12.4. The van der Waals surface area contributed by atoms with Crippen molar-refractivity contribution in [2.24, 2.45) is 0 Å². The molecule has 0 spiro atoms. The van der Waals surface area contributed by atoms with E-state index in [1.165, 1.54) is 68.9 Å². The molecule has 0 amide bonds. The third-order valence-electron chi connectivity index (χ3n) is 7.43. The molecule has 4 rings (SSSR count). The molecular weight excluding hydrogens is 518 g/mol. The summed E-state index contributed by atoms with van der Waals surface area (Å²) in [6.45, 7) is 38.1. The Balaban J connectivity index is -0.00000108. The van der Waals surface area contributed by atoms with Gasteiger partial charge in [0.1, 0.15) is 0 Å². The van der Waals surface area contributed by atoms with Crippen LogP contribution < -0.4 is 4.90 Å². The van der Waals surface area contributed by atoms with E-state index in [2.05, 4.69) is 77.6 Å². The van der Waals surface area contributed by atoms with E-state index in [-0.39, 0.29) is 5.41 Å². The predicted octanol–water partition coefficient (Wildman–Crippen LogP) is 13.9. The van der Waals surface area contributed by atoms with Crippen LogP contribution in [0.25, 0.3) is 0 Å². The molecule has 0 N–H and O–H groups in total. The summed E-state index contributed by atoms with van der Waals surface area (Å²) in [4.78, 5) is 2.73. The van der Waals surface area contributed by atoms with Gasteiger partial charge in [-0.15, -0.1) is 0 Å². The van der Waals surface area contributed by atoms with E-state index >= 15 is 0 Å². The fourth-order valence-electron chi connectivity index (χ4n) is 5.95. The van der Waals surface area contributed by atoms with Crippen LogP contribution in [0.5, 0.6) is 0 Å². The zero-order valence-corrected chi connectivity index (χ0v) is 32.7. The van der Waals surface area contributed by atoms with Crippen LogP contribution in [0.15, 0.2) is 24.3 Å². The fraction of sp³-hybridized carbons (Fsp3) is 0.714. The van der Waals surface area contributed by atoms with Crippen LogP contribution in [0.1, 0.15) is 189 Å². The van der Waals surface area contributed by atoms with Gasteiger partial charge in [-0.05, 0) is 109 Å². The molecule has 0 radical (unpaired) electrons. The molecule has 0 fully saturated rings. The van der Waals surface area contributed by atoms with E-state index in [0.29, 0.717) is 0 Å². The molecule has 0 aliphatic heterocycles. The molecule has 2 aliphatic carbocycles. The third kappa shape index (κ3) is 14.3. The van der Waals surface area contributed by atoms with E-state index in [1.54, 1.807) is 33.5 Å². The molecule has 0 heterocycles. The van der Waals surface area contributed by atoms with Gasteiger partial charge in [0.05, 0.1) is 0 Å². The number of anilines is 1. The summed E-state index contributed by atoms with van der Waals surface area (Å²) < 4.78 is 0. The highest BCUT2D eigenvalue weighted by Gasteiger charge is 2.26. The Morgan fingerprint density at radius 3 is 1.42 bits per heavy atom. The molecule has 0 bridgehead atoms. The van der Waals surface area contributed by atoms with Crippen molar-refractivity contribution in [3.63, 3.8) is 0 Å².